The molecule has 0 saturated carbocycles. The molecule has 1 aromatic carbocycles. The number of aryl methyl sites for hydroxylation is 1. The molecule has 126 valence electrons. The number of ether oxygens (including phenoxy) is 1. The van der Waals surface area contributed by atoms with Gasteiger partial charge in [0.15, 0.2) is 12.4 Å². The van der Waals surface area contributed by atoms with Gasteiger partial charge in [0, 0.05) is 22.5 Å². The highest BCUT2D eigenvalue weighted by molar-refractivity contribution is 7.13. The molecule has 0 aliphatic rings. The van der Waals surface area contributed by atoms with Crippen LogP contribution >= 0.6 is 11.3 Å². The highest BCUT2D eigenvalue weighted by Gasteiger charge is 2.13. The van der Waals surface area contributed by atoms with E-state index in [-0.39, 0.29) is 18.3 Å². The maximum absolute atomic E-state index is 12.1. The number of hydrogen-bond donors (Lipinski definition) is 1. The van der Waals surface area contributed by atoms with Crippen LogP contribution in [0.2, 0.25) is 0 Å². The number of amides is 1. The third-order valence-electron chi connectivity index (χ3n) is 3.24. The third kappa shape index (κ3) is 5.03. The summed E-state index contributed by atoms with van der Waals surface area (Å²) in [6, 6.07) is 10.0. The summed E-state index contributed by atoms with van der Waals surface area (Å²) in [4.78, 5) is 36.9. The van der Waals surface area contributed by atoms with Crippen LogP contribution < -0.4 is 5.32 Å². The van der Waals surface area contributed by atoms with Crippen molar-refractivity contribution in [1.29, 1.82) is 0 Å². The van der Waals surface area contributed by atoms with Crippen molar-refractivity contribution in [3.05, 3.63) is 51.7 Å². The van der Waals surface area contributed by atoms with Gasteiger partial charge in [-0.15, -0.1) is 11.3 Å². The number of hydrogen-bond acceptors (Lipinski definition) is 5. The van der Waals surface area contributed by atoms with Crippen molar-refractivity contribution >= 4 is 34.7 Å². The number of anilines is 1. The van der Waals surface area contributed by atoms with Crippen LogP contribution in [0.1, 0.15) is 44.7 Å². The Morgan fingerprint density at radius 2 is 1.79 bits per heavy atom. The van der Waals surface area contributed by atoms with Crippen LogP contribution in [-0.2, 0) is 9.53 Å². The monoisotopic (exact) mass is 345 g/mol. The minimum Gasteiger partial charge on any atom is -0.453 e. The molecule has 1 aromatic heterocycles. The molecule has 5 nitrogen and oxygen atoms in total. The lowest BCUT2D eigenvalue weighted by Crippen LogP contribution is -2.14. The largest absolute Gasteiger partial charge is 0.453 e. The molecular weight excluding hydrogens is 326 g/mol. The van der Waals surface area contributed by atoms with Gasteiger partial charge in [-0.3, -0.25) is 9.59 Å². The van der Waals surface area contributed by atoms with Gasteiger partial charge in [-0.2, -0.15) is 0 Å². The van der Waals surface area contributed by atoms with Gasteiger partial charge in [0.1, 0.15) is 4.88 Å². The third-order valence-corrected chi connectivity index (χ3v) is 4.22. The average Bonchev–Trinajstić information content (AvgIpc) is 3.00. The molecule has 1 amide bonds. The molecule has 0 atom stereocenters. The van der Waals surface area contributed by atoms with Crippen molar-refractivity contribution in [3.63, 3.8) is 0 Å². The molecule has 2 aromatic rings. The first-order valence-electron chi connectivity index (χ1n) is 7.66. The number of ketones is 1. The second-order valence-electron chi connectivity index (χ2n) is 5.29. The van der Waals surface area contributed by atoms with Crippen LogP contribution in [0.4, 0.5) is 5.69 Å². The van der Waals surface area contributed by atoms with E-state index in [2.05, 4.69) is 5.32 Å². The van der Waals surface area contributed by atoms with E-state index in [4.69, 9.17) is 4.74 Å². The van der Waals surface area contributed by atoms with E-state index in [0.29, 0.717) is 22.5 Å². The van der Waals surface area contributed by atoms with Crippen LogP contribution in [0, 0.1) is 6.92 Å². The Kier molecular flexibility index (Phi) is 6.26. The molecule has 0 fully saturated rings. The van der Waals surface area contributed by atoms with E-state index < -0.39 is 5.97 Å². The maximum atomic E-state index is 12.1. The van der Waals surface area contributed by atoms with E-state index in [1.165, 1.54) is 11.3 Å². The quantitative estimate of drug-likeness (QED) is 0.611. The standard InChI is InChI=1S/C18H19NO4S/c1-3-4-17(21)19-14-8-6-13(7-9-14)15(20)11-23-18(22)16-10-5-12(2)24-16/h5-10H,3-4,11H2,1-2H3,(H,19,21). The van der Waals surface area contributed by atoms with Crippen LogP contribution in [0.25, 0.3) is 0 Å². The van der Waals surface area contributed by atoms with E-state index in [9.17, 15) is 14.4 Å². The number of esters is 1. The first-order chi connectivity index (χ1) is 11.5. The predicted octanol–water partition coefficient (Wildman–Crippen LogP) is 3.83. The Bertz CT molecular complexity index is 734. The maximum Gasteiger partial charge on any atom is 0.348 e. The average molecular weight is 345 g/mol. The molecule has 1 heterocycles. The van der Waals surface area contributed by atoms with Crippen LogP contribution in [0.5, 0.6) is 0 Å². The normalized spacial score (nSPS) is 10.2. The zero-order valence-corrected chi connectivity index (χ0v) is 14.4. The van der Waals surface area contributed by atoms with Crippen molar-refractivity contribution < 1.29 is 19.1 Å². The Morgan fingerprint density at radius 3 is 2.38 bits per heavy atom. The molecule has 0 radical (unpaired) electrons. The Labute approximate surface area is 144 Å². The number of benzene rings is 1. The van der Waals surface area contributed by atoms with Gasteiger partial charge in [-0.25, -0.2) is 4.79 Å². The number of carbonyl (C=O) groups is 3. The Balaban J connectivity index is 1.88. The second kappa shape index (κ2) is 8.40. The molecule has 0 aliphatic carbocycles. The highest BCUT2D eigenvalue weighted by atomic mass is 32.1. The SMILES string of the molecule is CCCC(=O)Nc1ccc(C(=O)COC(=O)c2ccc(C)s2)cc1. The highest BCUT2D eigenvalue weighted by Crippen LogP contribution is 2.16. The van der Waals surface area contributed by atoms with Crippen molar-refractivity contribution in [2.75, 3.05) is 11.9 Å². The topological polar surface area (TPSA) is 72.5 Å². The predicted molar refractivity (Wildman–Crippen MR) is 93.6 cm³/mol. The lowest BCUT2D eigenvalue weighted by molar-refractivity contribution is -0.116. The van der Waals surface area contributed by atoms with E-state index in [0.717, 1.165) is 11.3 Å². The van der Waals surface area contributed by atoms with Crippen molar-refractivity contribution in [3.8, 4) is 0 Å². The summed E-state index contributed by atoms with van der Waals surface area (Å²) in [5.41, 5.74) is 1.06. The van der Waals surface area contributed by atoms with Gasteiger partial charge in [-0.1, -0.05) is 6.92 Å². The lowest BCUT2D eigenvalue weighted by Gasteiger charge is -2.06. The number of nitrogens with one attached hydrogen (secondary N) is 1. The first-order valence-corrected chi connectivity index (χ1v) is 8.48. The molecule has 24 heavy (non-hydrogen) atoms. The summed E-state index contributed by atoms with van der Waals surface area (Å²) < 4.78 is 5.04. The second-order valence-corrected chi connectivity index (χ2v) is 6.57. The fourth-order valence-corrected chi connectivity index (χ4v) is 2.78. The number of carbonyl (C=O) groups excluding carboxylic acids is 3. The Hall–Kier alpha value is -2.47. The van der Waals surface area contributed by atoms with E-state index in [1.54, 1.807) is 30.3 Å². The van der Waals surface area contributed by atoms with E-state index >= 15 is 0 Å². The lowest BCUT2D eigenvalue weighted by atomic mass is 10.1. The minimum atomic E-state index is -0.495. The Morgan fingerprint density at radius 1 is 1.08 bits per heavy atom. The summed E-state index contributed by atoms with van der Waals surface area (Å²) in [6.07, 6.45) is 1.23. The number of rotatable bonds is 7. The molecule has 0 bridgehead atoms. The summed E-state index contributed by atoms with van der Waals surface area (Å²) >= 11 is 1.33. The molecule has 6 heteroatoms. The molecule has 0 spiro atoms. The minimum absolute atomic E-state index is 0.0586. The summed E-state index contributed by atoms with van der Waals surface area (Å²) in [5, 5.41) is 2.75. The zero-order valence-electron chi connectivity index (χ0n) is 13.6. The molecule has 0 aliphatic heterocycles. The number of Topliss-reactive ketones (excluding diaryl/α,β-unsaturated/α-hetero) is 1. The van der Waals surface area contributed by atoms with Crippen molar-refractivity contribution in [1.82, 2.24) is 0 Å². The van der Waals surface area contributed by atoms with Crippen LogP contribution in [-0.4, -0.2) is 24.3 Å². The van der Waals surface area contributed by atoms with Gasteiger partial charge in [0.2, 0.25) is 5.91 Å². The number of thiophene rings is 1. The zero-order chi connectivity index (χ0) is 17.5. The summed E-state index contributed by atoms with van der Waals surface area (Å²) in [5.74, 6) is -0.843. The molecule has 2 rings (SSSR count). The molecule has 0 saturated heterocycles. The van der Waals surface area contributed by atoms with Gasteiger partial charge >= 0.3 is 5.97 Å². The summed E-state index contributed by atoms with van der Waals surface area (Å²) in [6.45, 7) is 3.52. The van der Waals surface area contributed by atoms with Gasteiger partial charge in [-0.05, 0) is 49.7 Å². The summed E-state index contributed by atoms with van der Waals surface area (Å²) in [7, 11) is 0. The van der Waals surface area contributed by atoms with Crippen LogP contribution in [0.15, 0.2) is 36.4 Å². The van der Waals surface area contributed by atoms with Gasteiger partial charge in [0.25, 0.3) is 0 Å². The van der Waals surface area contributed by atoms with Gasteiger partial charge < -0.3 is 10.1 Å². The first kappa shape index (κ1) is 17.9. The van der Waals surface area contributed by atoms with E-state index in [1.807, 2.05) is 19.9 Å². The van der Waals surface area contributed by atoms with Crippen molar-refractivity contribution in [2.24, 2.45) is 0 Å². The molecular formula is C18H19NO4S. The molecule has 0 unspecified atom stereocenters. The van der Waals surface area contributed by atoms with Gasteiger partial charge in [0.05, 0.1) is 0 Å². The van der Waals surface area contributed by atoms with Crippen LogP contribution in [0.3, 0.4) is 0 Å². The van der Waals surface area contributed by atoms with Crippen molar-refractivity contribution in [2.45, 2.75) is 26.7 Å². The fraction of sp³-hybridized carbons (Fsp3) is 0.278. The fourth-order valence-electron chi connectivity index (χ4n) is 2.02. The molecule has 1 N–H and O–H groups in total. The smallest absolute Gasteiger partial charge is 0.348 e.